The minimum absolute atomic E-state index is 1.12. The van der Waals surface area contributed by atoms with Crippen LogP contribution < -0.4 is 9.80 Å². The van der Waals surface area contributed by atoms with Crippen LogP contribution in [0.3, 0.4) is 0 Å². The van der Waals surface area contributed by atoms with Gasteiger partial charge >= 0.3 is 0 Å². The van der Waals surface area contributed by atoms with Gasteiger partial charge in [-0.15, -0.1) is 0 Å². The lowest BCUT2D eigenvalue weighted by atomic mass is 10.0. The molecule has 0 bridgehead atoms. The van der Waals surface area contributed by atoms with Crippen LogP contribution >= 0.6 is 0 Å². The number of aromatic amines is 1. The second kappa shape index (κ2) is 11.2. The Bertz CT molecular complexity index is 2940. The summed E-state index contributed by atoms with van der Waals surface area (Å²) in [4.78, 5) is 8.61. The maximum atomic E-state index is 3.72. The first-order chi connectivity index (χ1) is 25.8. The van der Waals surface area contributed by atoms with Gasteiger partial charge in [0.1, 0.15) is 0 Å². The molecule has 0 radical (unpaired) electrons. The molecule has 0 amide bonds. The third-order valence-electron chi connectivity index (χ3n) is 10.6. The van der Waals surface area contributed by atoms with Crippen molar-refractivity contribution in [2.45, 2.75) is 0 Å². The van der Waals surface area contributed by atoms with Crippen molar-refractivity contribution in [1.29, 1.82) is 0 Å². The van der Waals surface area contributed by atoms with Gasteiger partial charge in [0.2, 0.25) is 0 Å². The number of rotatable bonds is 4. The Balaban J connectivity index is 1.23. The Labute approximate surface area is 301 Å². The highest BCUT2D eigenvalue weighted by molar-refractivity contribution is 6.17. The molecule has 0 fully saturated rings. The van der Waals surface area contributed by atoms with Crippen molar-refractivity contribution >= 4 is 77.7 Å². The Kier molecular flexibility index (Phi) is 6.22. The summed E-state index contributed by atoms with van der Waals surface area (Å²) in [7, 11) is 0. The fourth-order valence-corrected chi connectivity index (χ4v) is 8.27. The lowest BCUT2D eigenvalue weighted by Gasteiger charge is -2.40. The Morgan fingerprint density at radius 1 is 0.308 bits per heavy atom. The van der Waals surface area contributed by atoms with Gasteiger partial charge in [-0.05, 0) is 83.9 Å². The quantitative estimate of drug-likeness (QED) is 0.203. The molecule has 3 heterocycles. The SMILES string of the molecule is c1ccc(-c2ccc(-n3c4ccccc4c4cc5c(cc43)N(c3ccccc3)c3cc4c(cc3N5c3ccccc3)[nH]c3ccccc34)cc2)cc1. The molecule has 4 nitrogen and oxygen atoms in total. The van der Waals surface area contributed by atoms with E-state index in [1.165, 1.54) is 38.2 Å². The van der Waals surface area contributed by atoms with E-state index in [1.807, 2.05) is 0 Å². The van der Waals surface area contributed by atoms with Crippen molar-refractivity contribution in [3.8, 4) is 16.8 Å². The number of hydrogen-bond donors (Lipinski definition) is 1. The fraction of sp³-hybridized carbons (Fsp3) is 0. The van der Waals surface area contributed by atoms with E-state index in [0.717, 1.165) is 56.4 Å². The lowest BCUT2D eigenvalue weighted by Crippen LogP contribution is -2.24. The largest absolute Gasteiger partial charge is 0.354 e. The summed E-state index contributed by atoms with van der Waals surface area (Å²) in [6.45, 7) is 0. The van der Waals surface area contributed by atoms with E-state index in [0.29, 0.717) is 0 Å². The van der Waals surface area contributed by atoms with Crippen LogP contribution in [0.5, 0.6) is 0 Å². The first-order valence-corrected chi connectivity index (χ1v) is 17.8. The lowest BCUT2D eigenvalue weighted by molar-refractivity contribution is 1.16. The molecule has 1 aliphatic heterocycles. The van der Waals surface area contributed by atoms with Gasteiger partial charge in [-0.1, -0.05) is 115 Å². The summed E-state index contributed by atoms with van der Waals surface area (Å²) in [6.07, 6.45) is 0. The maximum absolute atomic E-state index is 3.72. The van der Waals surface area contributed by atoms with Gasteiger partial charge in [0.15, 0.2) is 0 Å². The van der Waals surface area contributed by atoms with Crippen molar-refractivity contribution in [3.63, 3.8) is 0 Å². The molecule has 11 rings (SSSR count). The number of aromatic nitrogens is 2. The van der Waals surface area contributed by atoms with Gasteiger partial charge < -0.3 is 19.4 Å². The molecule has 0 atom stereocenters. The van der Waals surface area contributed by atoms with Gasteiger partial charge in [0, 0.05) is 49.6 Å². The van der Waals surface area contributed by atoms with Crippen LogP contribution in [0.25, 0.3) is 60.4 Å². The molecule has 1 aliphatic rings. The molecule has 52 heavy (non-hydrogen) atoms. The van der Waals surface area contributed by atoms with Crippen LogP contribution in [-0.2, 0) is 0 Å². The molecule has 0 spiro atoms. The standard InChI is InChI=1S/C48H32N4/c1-4-14-32(15-5-1)33-24-26-36(27-25-33)50-43-23-13-11-21-38(43)40-29-46-48(31-44(40)50)52(35-18-8-3-9-19-35)45-28-39-37-20-10-12-22-41(37)49-42(39)30-47(45)51(46)34-16-6-2-7-17-34/h1-31,49H. The number of para-hydroxylation sites is 4. The molecule has 8 aromatic carbocycles. The molecule has 244 valence electrons. The van der Waals surface area contributed by atoms with Crippen LogP contribution in [0.15, 0.2) is 188 Å². The van der Waals surface area contributed by atoms with Crippen molar-refractivity contribution in [1.82, 2.24) is 9.55 Å². The molecule has 10 aromatic rings. The highest BCUT2D eigenvalue weighted by Gasteiger charge is 2.33. The van der Waals surface area contributed by atoms with Crippen molar-refractivity contribution in [2.24, 2.45) is 0 Å². The van der Waals surface area contributed by atoms with Crippen molar-refractivity contribution in [3.05, 3.63) is 188 Å². The van der Waals surface area contributed by atoms with Gasteiger partial charge in [0.25, 0.3) is 0 Å². The Morgan fingerprint density at radius 2 is 0.827 bits per heavy atom. The molecule has 1 N–H and O–H groups in total. The summed E-state index contributed by atoms with van der Waals surface area (Å²) in [5.74, 6) is 0. The predicted octanol–water partition coefficient (Wildman–Crippen LogP) is 13.3. The van der Waals surface area contributed by atoms with E-state index in [9.17, 15) is 0 Å². The molecular formula is C48H32N4. The first-order valence-electron chi connectivity index (χ1n) is 17.8. The fourth-order valence-electron chi connectivity index (χ4n) is 8.27. The minimum atomic E-state index is 1.12. The zero-order chi connectivity index (χ0) is 34.2. The second-order valence-corrected chi connectivity index (χ2v) is 13.5. The van der Waals surface area contributed by atoms with Gasteiger partial charge in [0.05, 0.1) is 33.8 Å². The molecular weight excluding hydrogens is 633 g/mol. The van der Waals surface area contributed by atoms with Crippen LogP contribution in [0, 0.1) is 0 Å². The summed E-state index contributed by atoms with van der Waals surface area (Å²) in [5, 5.41) is 4.87. The maximum Gasteiger partial charge on any atom is 0.0724 e. The highest BCUT2D eigenvalue weighted by Crippen LogP contribution is 2.57. The van der Waals surface area contributed by atoms with Crippen LogP contribution in [0.2, 0.25) is 0 Å². The topological polar surface area (TPSA) is 27.2 Å². The summed E-state index contributed by atoms with van der Waals surface area (Å²) < 4.78 is 2.42. The zero-order valence-electron chi connectivity index (χ0n) is 28.2. The Hall–Kier alpha value is -7.04. The third kappa shape index (κ3) is 4.28. The van der Waals surface area contributed by atoms with E-state index in [4.69, 9.17) is 0 Å². The second-order valence-electron chi connectivity index (χ2n) is 13.5. The van der Waals surface area contributed by atoms with Crippen molar-refractivity contribution in [2.75, 3.05) is 9.80 Å². The van der Waals surface area contributed by atoms with E-state index in [-0.39, 0.29) is 0 Å². The van der Waals surface area contributed by atoms with Crippen LogP contribution in [0.4, 0.5) is 34.1 Å². The number of hydrogen-bond acceptors (Lipinski definition) is 2. The molecule has 0 saturated heterocycles. The highest BCUT2D eigenvalue weighted by atomic mass is 15.3. The number of nitrogens with one attached hydrogen (secondary N) is 1. The summed E-state index contributed by atoms with van der Waals surface area (Å²) in [5.41, 5.74) is 14.9. The van der Waals surface area contributed by atoms with Gasteiger partial charge in [-0.25, -0.2) is 0 Å². The van der Waals surface area contributed by atoms with Gasteiger partial charge in [-0.3, -0.25) is 0 Å². The van der Waals surface area contributed by atoms with E-state index in [2.05, 4.69) is 207 Å². The smallest absolute Gasteiger partial charge is 0.0724 e. The molecule has 4 heteroatoms. The van der Waals surface area contributed by atoms with Gasteiger partial charge in [-0.2, -0.15) is 0 Å². The normalized spacial score (nSPS) is 12.5. The molecule has 0 aliphatic carbocycles. The number of anilines is 6. The summed E-state index contributed by atoms with van der Waals surface area (Å²) >= 11 is 0. The number of nitrogens with zero attached hydrogens (tertiary/aromatic N) is 3. The number of benzene rings is 8. The van der Waals surface area contributed by atoms with E-state index >= 15 is 0 Å². The minimum Gasteiger partial charge on any atom is -0.354 e. The molecule has 0 unspecified atom stereocenters. The Morgan fingerprint density at radius 3 is 1.52 bits per heavy atom. The van der Waals surface area contributed by atoms with Crippen LogP contribution in [0.1, 0.15) is 0 Å². The van der Waals surface area contributed by atoms with E-state index in [1.54, 1.807) is 0 Å². The average Bonchev–Trinajstić information content (AvgIpc) is 3.74. The van der Waals surface area contributed by atoms with Crippen molar-refractivity contribution < 1.29 is 0 Å². The zero-order valence-corrected chi connectivity index (χ0v) is 28.2. The van der Waals surface area contributed by atoms with E-state index < -0.39 is 0 Å². The predicted molar refractivity (Wildman–Crippen MR) is 219 cm³/mol. The summed E-state index contributed by atoms with van der Waals surface area (Å²) in [6, 6.07) is 68.0. The van der Waals surface area contributed by atoms with Crippen LogP contribution in [-0.4, -0.2) is 9.55 Å². The number of H-pyrrole nitrogens is 1. The number of fused-ring (bicyclic) bond motifs is 8. The molecule has 0 saturated carbocycles. The first kappa shape index (κ1) is 28.8. The molecule has 2 aromatic heterocycles. The average molecular weight is 665 g/mol. The monoisotopic (exact) mass is 664 g/mol. The third-order valence-corrected chi connectivity index (χ3v) is 10.6.